The maximum atomic E-state index is 4.05. The van der Waals surface area contributed by atoms with Crippen LogP contribution in [0, 0.1) is 19.8 Å². The van der Waals surface area contributed by atoms with E-state index in [1.165, 1.54) is 61.1 Å². The third kappa shape index (κ3) is 9.53. The lowest BCUT2D eigenvalue weighted by molar-refractivity contribution is 0.395. The maximum absolute atomic E-state index is 4.05. The van der Waals surface area contributed by atoms with Crippen molar-refractivity contribution in [3.8, 4) is 22.3 Å². The minimum absolute atomic E-state index is 0.113. The predicted octanol–water partition coefficient (Wildman–Crippen LogP) is 14.5. The summed E-state index contributed by atoms with van der Waals surface area (Å²) in [5.41, 5.74) is 13.6. The van der Waals surface area contributed by atoms with Crippen LogP contribution in [0.1, 0.15) is 96.2 Å². The number of nitrogens with one attached hydrogen (secondary N) is 1. The average molecular weight is 695 g/mol. The van der Waals surface area contributed by atoms with Gasteiger partial charge in [0.15, 0.2) is 0 Å². The van der Waals surface area contributed by atoms with Gasteiger partial charge in [0.2, 0.25) is 0 Å². The number of hydrogen-bond donors (Lipinski definition) is 1. The molecule has 52 heavy (non-hydrogen) atoms. The van der Waals surface area contributed by atoms with Crippen molar-refractivity contribution in [2.75, 3.05) is 7.05 Å². The summed E-state index contributed by atoms with van der Waals surface area (Å²) in [7, 11) is 1.81. The van der Waals surface area contributed by atoms with E-state index in [1.54, 1.807) is 6.20 Å². The molecule has 276 valence electrons. The molecule has 7 rings (SSSR count). The Balaban J connectivity index is 0.000000339. The van der Waals surface area contributed by atoms with Crippen LogP contribution in [-0.4, -0.2) is 11.6 Å². The summed E-state index contributed by atoms with van der Waals surface area (Å²) in [5.74, 6) is 1.02. The summed E-state index contributed by atoms with van der Waals surface area (Å²) in [6.45, 7) is 31.7. The number of nitrogens with zero attached hydrogens (tertiary/aromatic N) is 1. The molecule has 0 saturated carbocycles. The van der Waals surface area contributed by atoms with Crippen molar-refractivity contribution in [2.45, 2.75) is 94.0 Å². The van der Waals surface area contributed by atoms with Gasteiger partial charge in [-0.05, 0) is 89.4 Å². The number of aromatic nitrogens is 1. The van der Waals surface area contributed by atoms with Gasteiger partial charge < -0.3 is 9.88 Å². The molecule has 0 amide bonds. The molecule has 1 heterocycles. The molecule has 4 aromatic carbocycles. The molecule has 1 aromatic heterocycles. The van der Waals surface area contributed by atoms with Crippen molar-refractivity contribution in [2.24, 2.45) is 5.92 Å². The van der Waals surface area contributed by atoms with Gasteiger partial charge in [-0.15, -0.1) is 0 Å². The van der Waals surface area contributed by atoms with E-state index >= 15 is 0 Å². The largest absolute Gasteiger partial charge is 0.394 e. The van der Waals surface area contributed by atoms with Crippen molar-refractivity contribution < 1.29 is 0 Å². The van der Waals surface area contributed by atoms with Crippen LogP contribution in [0.2, 0.25) is 0 Å². The monoisotopic (exact) mass is 695 g/mol. The Morgan fingerprint density at radius 2 is 1.35 bits per heavy atom. The quantitative estimate of drug-likeness (QED) is 0.194. The van der Waals surface area contributed by atoms with E-state index < -0.39 is 0 Å². The molecule has 0 saturated heterocycles. The second-order valence-corrected chi connectivity index (χ2v) is 12.7. The number of hydrogen-bond acceptors (Lipinski definition) is 1. The Hall–Kier alpha value is -4.82. The minimum atomic E-state index is 0.113. The second-order valence-electron chi connectivity index (χ2n) is 12.7. The highest BCUT2D eigenvalue weighted by molar-refractivity contribution is 5.92. The predicted molar refractivity (Wildman–Crippen MR) is 235 cm³/mol. The molecule has 0 aliphatic heterocycles. The summed E-state index contributed by atoms with van der Waals surface area (Å²) in [6.07, 6.45) is 12.8. The number of aryl methyl sites for hydroxylation is 3. The van der Waals surface area contributed by atoms with Crippen molar-refractivity contribution >= 4 is 17.0 Å². The summed E-state index contributed by atoms with van der Waals surface area (Å²) < 4.78 is 2.39. The van der Waals surface area contributed by atoms with Crippen LogP contribution >= 0.6 is 0 Å². The Morgan fingerprint density at radius 3 is 1.94 bits per heavy atom. The third-order valence-corrected chi connectivity index (χ3v) is 9.59. The molecule has 0 fully saturated rings. The van der Waals surface area contributed by atoms with Gasteiger partial charge in [-0.1, -0.05) is 183 Å². The van der Waals surface area contributed by atoms with Gasteiger partial charge in [0.1, 0.15) is 0 Å². The van der Waals surface area contributed by atoms with Gasteiger partial charge in [0.05, 0.1) is 0 Å². The smallest absolute Gasteiger partial charge is 0.0494 e. The van der Waals surface area contributed by atoms with Crippen LogP contribution < -0.4 is 5.32 Å². The molecule has 2 atom stereocenters. The van der Waals surface area contributed by atoms with Gasteiger partial charge in [0, 0.05) is 36.1 Å². The molecule has 2 unspecified atom stereocenters. The second kappa shape index (κ2) is 21.5. The Labute approximate surface area is 317 Å². The SMILES string of the molecule is C=CNC.C=Cc1c(C)c2ccc(-c3cccc4c3C(C)(C)C3C=CC=CC43)cc2n1CC.CC.CC.CC.Cc1cccc(-c2ccccc2)c1. The zero-order valence-corrected chi connectivity index (χ0v) is 34.3. The van der Waals surface area contributed by atoms with Crippen molar-refractivity contribution in [3.63, 3.8) is 0 Å². The van der Waals surface area contributed by atoms with Crippen LogP contribution in [0.25, 0.3) is 39.2 Å². The summed E-state index contributed by atoms with van der Waals surface area (Å²) in [5, 5.41) is 4.02. The first-order valence-corrected chi connectivity index (χ1v) is 19.4. The number of allylic oxidation sites excluding steroid dienone is 4. The topological polar surface area (TPSA) is 17.0 Å². The first kappa shape index (κ1) is 43.3. The van der Waals surface area contributed by atoms with E-state index in [1.807, 2.05) is 60.7 Å². The van der Waals surface area contributed by atoms with Crippen LogP contribution in [0.15, 0.2) is 135 Å². The van der Waals surface area contributed by atoms with E-state index in [4.69, 9.17) is 0 Å². The fraction of sp³-hybridized carbons (Fsp3) is 0.320. The molecular formula is C50H66N2. The first-order valence-electron chi connectivity index (χ1n) is 19.4. The van der Waals surface area contributed by atoms with Crippen LogP contribution in [0.3, 0.4) is 0 Å². The van der Waals surface area contributed by atoms with E-state index in [2.05, 4.69) is 167 Å². The fourth-order valence-electron chi connectivity index (χ4n) is 7.34. The van der Waals surface area contributed by atoms with Crippen LogP contribution in [0.4, 0.5) is 0 Å². The van der Waals surface area contributed by atoms with E-state index in [0.717, 1.165) is 6.54 Å². The molecular weight excluding hydrogens is 629 g/mol. The minimum Gasteiger partial charge on any atom is -0.394 e. The number of rotatable bonds is 5. The number of benzene rings is 4. The van der Waals surface area contributed by atoms with Gasteiger partial charge in [-0.3, -0.25) is 0 Å². The highest BCUT2D eigenvalue weighted by Crippen LogP contribution is 2.55. The highest BCUT2D eigenvalue weighted by atomic mass is 15.0. The average Bonchev–Trinajstić information content (AvgIpc) is 3.63. The lowest BCUT2D eigenvalue weighted by atomic mass is 9.73. The normalized spacial score (nSPS) is 15.2. The van der Waals surface area contributed by atoms with Gasteiger partial charge in [-0.25, -0.2) is 0 Å². The van der Waals surface area contributed by atoms with E-state index in [9.17, 15) is 0 Å². The maximum Gasteiger partial charge on any atom is 0.0494 e. The molecule has 5 aromatic rings. The van der Waals surface area contributed by atoms with Crippen molar-refractivity contribution in [3.05, 3.63) is 163 Å². The van der Waals surface area contributed by atoms with Gasteiger partial charge >= 0.3 is 0 Å². The fourth-order valence-corrected chi connectivity index (χ4v) is 7.34. The lowest BCUT2D eigenvalue weighted by Gasteiger charge is -2.30. The third-order valence-electron chi connectivity index (χ3n) is 9.59. The number of fused-ring (bicyclic) bond motifs is 4. The van der Waals surface area contributed by atoms with E-state index in [-0.39, 0.29) is 5.41 Å². The summed E-state index contributed by atoms with van der Waals surface area (Å²) in [6, 6.07) is 32.9. The van der Waals surface area contributed by atoms with Crippen LogP contribution in [0.5, 0.6) is 0 Å². The standard InChI is InChI=1S/C28H29N.C13H12.C3H7N.3C2H6/c1-6-25-18(3)20-16-15-19(17-26(20)29(25)7-2)21-12-10-13-23-22-11-8-9-14-24(22)28(4,5)27(21)23;1-11-6-5-9-13(10-11)12-7-3-2-4-8-12;1-3-4-2;3*1-2/h6,8-17,22,24H,1,7H2,2-5H3;2-10H,1H3;3-4H,1H2,2H3;3*1-2H3. The molecule has 0 radical (unpaired) electrons. The lowest BCUT2D eigenvalue weighted by Crippen LogP contribution is -2.25. The van der Waals surface area contributed by atoms with Gasteiger partial charge in [0.25, 0.3) is 0 Å². The Bertz CT molecular complexity index is 1900. The zero-order chi connectivity index (χ0) is 38.8. The Morgan fingerprint density at radius 1 is 0.731 bits per heavy atom. The molecule has 0 bridgehead atoms. The summed E-state index contributed by atoms with van der Waals surface area (Å²) in [4.78, 5) is 0. The molecule has 1 N–H and O–H groups in total. The van der Waals surface area contributed by atoms with Crippen molar-refractivity contribution in [1.82, 2.24) is 9.88 Å². The Kier molecular flexibility index (Phi) is 17.9. The molecule has 2 aliphatic carbocycles. The van der Waals surface area contributed by atoms with E-state index in [0.29, 0.717) is 11.8 Å². The molecule has 2 heteroatoms. The van der Waals surface area contributed by atoms with Crippen LogP contribution in [-0.2, 0) is 12.0 Å². The molecule has 2 aliphatic rings. The first-order chi connectivity index (χ1) is 25.3. The molecule has 2 nitrogen and oxygen atoms in total. The highest BCUT2D eigenvalue weighted by Gasteiger charge is 2.45. The van der Waals surface area contributed by atoms with Gasteiger partial charge in [-0.2, -0.15) is 0 Å². The summed E-state index contributed by atoms with van der Waals surface area (Å²) >= 11 is 0. The molecule has 0 spiro atoms. The van der Waals surface area contributed by atoms with Crippen molar-refractivity contribution in [1.29, 1.82) is 0 Å². The zero-order valence-electron chi connectivity index (χ0n) is 34.3.